The predicted octanol–water partition coefficient (Wildman–Crippen LogP) is 2.40. The van der Waals surface area contributed by atoms with Gasteiger partial charge in [0.1, 0.15) is 5.01 Å². The predicted molar refractivity (Wildman–Crippen MR) is 76.2 cm³/mol. The van der Waals surface area contributed by atoms with Crippen LogP contribution in [0.15, 0.2) is 0 Å². The number of likely N-dealkylation sites (tertiary alicyclic amines) is 1. The summed E-state index contributed by atoms with van der Waals surface area (Å²) < 4.78 is 5.08. The van der Waals surface area contributed by atoms with Crippen LogP contribution in [0, 0.1) is 12.8 Å². The fraction of sp³-hybridized carbons (Fsp3) is 0.714. The average molecular weight is 282 g/mol. The van der Waals surface area contributed by atoms with E-state index in [4.69, 9.17) is 4.74 Å². The molecule has 5 heteroatoms. The summed E-state index contributed by atoms with van der Waals surface area (Å²) in [6, 6.07) is 0. The second-order valence-electron chi connectivity index (χ2n) is 5.29. The molecule has 2 heterocycles. The smallest absolute Gasteiger partial charge is 0.227 e. The minimum atomic E-state index is 0.239. The number of nitrogens with zero attached hydrogens (tertiary/aromatic N) is 2. The van der Waals surface area contributed by atoms with Gasteiger partial charge in [-0.1, -0.05) is 6.92 Å². The van der Waals surface area contributed by atoms with Gasteiger partial charge in [0, 0.05) is 25.1 Å². The molecule has 0 unspecified atom stereocenters. The van der Waals surface area contributed by atoms with E-state index in [0.29, 0.717) is 13.0 Å². The molecule has 1 aliphatic rings. The van der Waals surface area contributed by atoms with Crippen LogP contribution >= 0.6 is 11.3 Å². The van der Waals surface area contributed by atoms with Gasteiger partial charge in [0.25, 0.3) is 0 Å². The number of thiazole rings is 1. The van der Waals surface area contributed by atoms with E-state index < -0.39 is 0 Å². The zero-order valence-electron chi connectivity index (χ0n) is 11.9. The summed E-state index contributed by atoms with van der Waals surface area (Å²) >= 11 is 1.59. The zero-order valence-corrected chi connectivity index (χ0v) is 12.8. The van der Waals surface area contributed by atoms with Crippen molar-refractivity contribution in [2.75, 3.05) is 20.2 Å². The first kappa shape index (κ1) is 14.5. The summed E-state index contributed by atoms with van der Waals surface area (Å²) in [5.41, 5.74) is 0.968. The number of methoxy groups -OCH3 is 1. The van der Waals surface area contributed by atoms with Gasteiger partial charge >= 0.3 is 0 Å². The molecular weight excluding hydrogens is 260 g/mol. The zero-order chi connectivity index (χ0) is 13.8. The highest BCUT2D eigenvalue weighted by molar-refractivity contribution is 7.11. The molecule has 0 atom stereocenters. The molecule has 1 amide bonds. The lowest BCUT2D eigenvalue weighted by atomic mass is 9.99. The van der Waals surface area contributed by atoms with Gasteiger partial charge in [0.05, 0.1) is 18.7 Å². The molecule has 1 fully saturated rings. The van der Waals surface area contributed by atoms with E-state index in [1.807, 2.05) is 11.8 Å². The van der Waals surface area contributed by atoms with Crippen LogP contribution in [-0.2, 0) is 22.6 Å². The maximum atomic E-state index is 12.3. The van der Waals surface area contributed by atoms with Gasteiger partial charge < -0.3 is 9.64 Å². The molecular formula is C14H22N2O2S. The Morgan fingerprint density at radius 2 is 2.16 bits per heavy atom. The Kier molecular flexibility index (Phi) is 4.93. The highest BCUT2D eigenvalue weighted by Crippen LogP contribution is 2.22. The van der Waals surface area contributed by atoms with Crippen molar-refractivity contribution in [1.29, 1.82) is 0 Å². The summed E-state index contributed by atoms with van der Waals surface area (Å²) in [7, 11) is 1.66. The number of amides is 1. The second-order valence-corrected chi connectivity index (χ2v) is 6.46. The van der Waals surface area contributed by atoms with Gasteiger partial charge in [-0.15, -0.1) is 11.3 Å². The highest BCUT2D eigenvalue weighted by Gasteiger charge is 2.21. The molecule has 0 aliphatic carbocycles. The van der Waals surface area contributed by atoms with E-state index in [2.05, 4.69) is 11.9 Å². The highest BCUT2D eigenvalue weighted by atomic mass is 32.1. The van der Waals surface area contributed by atoms with Crippen molar-refractivity contribution in [3.63, 3.8) is 0 Å². The summed E-state index contributed by atoms with van der Waals surface area (Å²) in [6.45, 7) is 6.56. The first-order valence-electron chi connectivity index (χ1n) is 6.82. The van der Waals surface area contributed by atoms with Crippen molar-refractivity contribution in [1.82, 2.24) is 9.88 Å². The molecule has 4 nitrogen and oxygen atoms in total. The van der Waals surface area contributed by atoms with Crippen LogP contribution in [0.5, 0.6) is 0 Å². The fourth-order valence-electron chi connectivity index (χ4n) is 2.34. The van der Waals surface area contributed by atoms with E-state index >= 15 is 0 Å². The molecule has 1 aliphatic heterocycles. The van der Waals surface area contributed by atoms with Crippen LogP contribution in [0.4, 0.5) is 0 Å². The number of rotatable bonds is 4. The fourth-order valence-corrected chi connectivity index (χ4v) is 3.38. The van der Waals surface area contributed by atoms with E-state index in [9.17, 15) is 4.79 Å². The monoisotopic (exact) mass is 282 g/mol. The van der Waals surface area contributed by atoms with Crippen LogP contribution in [0.3, 0.4) is 0 Å². The maximum absolute atomic E-state index is 12.3. The van der Waals surface area contributed by atoms with Gasteiger partial charge in [-0.25, -0.2) is 4.98 Å². The summed E-state index contributed by atoms with van der Waals surface area (Å²) in [4.78, 5) is 19.8. The molecule has 0 bridgehead atoms. The molecule has 0 N–H and O–H groups in total. The van der Waals surface area contributed by atoms with Gasteiger partial charge in [-0.05, 0) is 25.7 Å². The number of aromatic nitrogens is 1. The number of aryl methyl sites for hydroxylation is 1. The quantitative estimate of drug-likeness (QED) is 0.851. The second kappa shape index (κ2) is 6.48. The van der Waals surface area contributed by atoms with Crippen LogP contribution in [0.1, 0.15) is 35.3 Å². The Morgan fingerprint density at radius 3 is 2.79 bits per heavy atom. The lowest BCUT2D eigenvalue weighted by Crippen LogP contribution is -2.38. The van der Waals surface area contributed by atoms with E-state index in [0.717, 1.165) is 47.4 Å². The van der Waals surface area contributed by atoms with E-state index in [1.165, 1.54) is 0 Å². The molecule has 106 valence electrons. The van der Waals surface area contributed by atoms with E-state index in [-0.39, 0.29) is 5.91 Å². The van der Waals surface area contributed by atoms with Gasteiger partial charge in [0.2, 0.25) is 5.91 Å². The maximum Gasteiger partial charge on any atom is 0.227 e. The largest absolute Gasteiger partial charge is 0.378 e. The Labute approximate surface area is 118 Å². The molecule has 1 saturated heterocycles. The van der Waals surface area contributed by atoms with Crippen molar-refractivity contribution < 1.29 is 9.53 Å². The third kappa shape index (κ3) is 3.76. The molecule has 0 saturated carbocycles. The number of piperidine rings is 1. The first-order valence-corrected chi connectivity index (χ1v) is 7.63. The minimum absolute atomic E-state index is 0.239. The first-order chi connectivity index (χ1) is 9.10. The average Bonchev–Trinajstić information content (AvgIpc) is 2.71. The van der Waals surface area contributed by atoms with Gasteiger partial charge in [-0.2, -0.15) is 0 Å². The summed E-state index contributed by atoms with van der Waals surface area (Å²) in [5, 5.41) is 0.954. The number of hydrogen-bond donors (Lipinski definition) is 0. The Hall–Kier alpha value is -0.940. The Morgan fingerprint density at radius 1 is 1.47 bits per heavy atom. The van der Waals surface area contributed by atoms with Crippen molar-refractivity contribution in [2.24, 2.45) is 5.92 Å². The van der Waals surface area contributed by atoms with E-state index in [1.54, 1.807) is 18.4 Å². The summed E-state index contributed by atoms with van der Waals surface area (Å²) in [6.07, 6.45) is 2.74. The normalized spacial score (nSPS) is 16.9. The van der Waals surface area contributed by atoms with Crippen molar-refractivity contribution in [2.45, 2.75) is 39.7 Å². The molecule has 1 aromatic heterocycles. The van der Waals surface area contributed by atoms with Crippen molar-refractivity contribution >= 4 is 17.2 Å². The topological polar surface area (TPSA) is 42.4 Å². The molecule has 2 rings (SSSR count). The number of hydrogen-bond acceptors (Lipinski definition) is 4. The third-order valence-electron chi connectivity index (χ3n) is 3.65. The van der Waals surface area contributed by atoms with Crippen molar-refractivity contribution in [3.8, 4) is 0 Å². The van der Waals surface area contributed by atoms with Gasteiger partial charge in [-0.3, -0.25) is 4.79 Å². The standard InChI is InChI=1S/C14H22N2O2S/c1-10-4-6-16(7-5-10)14(17)8-12-11(2)15-13(19-12)9-18-3/h10H,4-9H2,1-3H3. The lowest BCUT2D eigenvalue weighted by molar-refractivity contribution is -0.131. The SMILES string of the molecule is COCc1nc(C)c(CC(=O)N2CCC(C)CC2)s1. The lowest BCUT2D eigenvalue weighted by Gasteiger charge is -2.30. The van der Waals surface area contributed by atoms with Crippen LogP contribution in [-0.4, -0.2) is 36.0 Å². The summed E-state index contributed by atoms with van der Waals surface area (Å²) in [5.74, 6) is 0.991. The van der Waals surface area contributed by atoms with Crippen LogP contribution in [0.25, 0.3) is 0 Å². The molecule has 19 heavy (non-hydrogen) atoms. The van der Waals surface area contributed by atoms with Crippen LogP contribution < -0.4 is 0 Å². The Balaban J connectivity index is 1.94. The van der Waals surface area contributed by atoms with Crippen molar-refractivity contribution in [3.05, 3.63) is 15.6 Å². The molecule has 1 aromatic rings. The Bertz CT molecular complexity index is 437. The van der Waals surface area contributed by atoms with Gasteiger partial charge in [0.15, 0.2) is 0 Å². The molecule has 0 spiro atoms. The molecule has 0 aromatic carbocycles. The third-order valence-corrected chi connectivity index (χ3v) is 4.78. The number of ether oxygens (including phenoxy) is 1. The van der Waals surface area contributed by atoms with Crippen LogP contribution in [0.2, 0.25) is 0 Å². The molecule has 0 radical (unpaired) electrons. The number of carbonyl (C=O) groups excluding carboxylic acids is 1. The minimum Gasteiger partial charge on any atom is -0.378 e. The number of carbonyl (C=O) groups is 1.